The fourth-order valence-corrected chi connectivity index (χ4v) is 8.17. The average molecular weight is 693 g/mol. The number of nitrogens with zero attached hydrogens (tertiary/aromatic N) is 6. The Bertz CT molecular complexity index is 1550. The molecule has 19 nitrogen and oxygen atoms in total. The number of β-lactam (4-membered cyclic amide) rings is 1. The number of unbranched alkanes of at least 4 members (excludes halogenated alkanes) is 2. The van der Waals surface area contributed by atoms with Gasteiger partial charge in [-0.05, 0) is 23.6 Å². The van der Waals surface area contributed by atoms with Crippen molar-refractivity contribution in [3.8, 4) is 0 Å². The molecule has 44 heavy (non-hydrogen) atoms. The first kappa shape index (κ1) is 33.5. The standard InChI is InChI=1S/C21H28N10O9S4/c1-39-21(25-15(32)13(28-40-2)11-9-42-19(22)24-11)17(35)31-14(16(33)34)10(8-41-18(21)31)12(43-20-26-29-30-27-20)6-4-3-5-7-23-44(36,37)38/h9,12,18,23H,3-8H2,1-2H3,(H2,22,24)(H,25,32)(H,33,34)(H,36,37,38)(H,26,27,29,30)/t12?,18-,21-/m0/s1. The molecule has 2 aromatic heterocycles. The molecule has 0 aliphatic carbocycles. The molecule has 0 spiro atoms. The number of ether oxygens (including phenoxy) is 1. The van der Waals surface area contributed by atoms with Crippen molar-refractivity contribution in [2.45, 2.75) is 47.2 Å². The minimum Gasteiger partial charge on any atom is -0.477 e. The van der Waals surface area contributed by atoms with Gasteiger partial charge in [-0.25, -0.2) is 9.78 Å². The lowest BCUT2D eigenvalue weighted by molar-refractivity contribution is -0.191. The first-order valence-corrected chi connectivity index (χ1v) is 16.9. The van der Waals surface area contributed by atoms with Crippen LogP contribution in [0.1, 0.15) is 31.4 Å². The number of carboxylic acid groups (broad SMARTS) is 1. The van der Waals surface area contributed by atoms with Crippen molar-refractivity contribution in [2.75, 3.05) is 32.3 Å². The van der Waals surface area contributed by atoms with Crippen LogP contribution in [0.25, 0.3) is 0 Å². The molecule has 0 aromatic carbocycles. The quantitative estimate of drug-likeness (QED) is 0.0244. The van der Waals surface area contributed by atoms with Gasteiger partial charge in [0.2, 0.25) is 5.16 Å². The van der Waals surface area contributed by atoms with E-state index in [1.807, 2.05) is 4.72 Å². The molecule has 2 amide bonds. The van der Waals surface area contributed by atoms with Crippen LogP contribution in [0.3, 0.4) is 0 Å². The maximum atomic E-state index is 13.7. The van der Waals surface area contributed by atoms with Crippen LogP contribution in [-0.2, 0) is 34.3 Å². The number of fused-ring (bicyclic) bond motifs is 1. The minimum absolute atomic E-state index is 0.0296. The molecule has 2 aliphatic rings. The lowest BCUT2D eigenvalue weighted by Crippen LogP contribution is -2.81. The van der Waals surface area contributed by atoms with Crippen LogP contribution in [0.5, 0.6) is 0 Å². The van der Waals surface area contributed by atoms with Crippen molar-refractivity contribution in [3.63, 3.8) is 0 Å². The predicted octanol–water partition coefficient (Wildman–Crippen LogP) is -0.585. The summed E-state index contributed by atoms with van der Waals surface area (Å²) in [5.41, 5.74) is 3.79. The zero-order chi connectivity index (χ0) is 32.1. The van der Waals surface area contributed by atoms with Crippen LogP contribution >= 0.6 is 34.9 Å². The number of nitrogens with two attached hydrogens (primary N) is 1. The molecule has 4 heterocycles. The van der Waals surface area contributed by atoms with Crippen LogP contribution in [-0.4, -0.2) is 115 Å². The number of carbonyl (C=O) groups is 3. The SMILES string of the molecule is CON=C(C(=O)N[C@]1(OC)C(=O)N2C(C(=O)O)=C(C(CCCCCNS(=O)(=O)O)Sc3nn[nH]n3)CS[C@H]21)c1csc(N)n1. The van der Waals surface area contributed by atoms with Gasteiger partial charge in [0.15, 0.2) is 10.8 Å². The Kier molecular flexibility index (Phi) is 10.8. The van der Waals surface area contributed by atoms with Gasteiger partial charge in [0.05, 0.1) is 0 Å². The maximum absolute atomic E-state index is 13.7. The highest BCUT2D eigenvalue weighted by Gasteiger charge is 2.67. The molecule has 0 radical (unpaired) electrons. The van der Waals surface area contributed by atoms with Crippen molar-refractivity contribution in [1.82, 2.24) is 40.5 Å². The summed E-state index contributed by atoms with van der Waals surface area (Å²) in [5.74, 6) is -2.87. The Hall–Kier alpha value is -3.35. The summed E-state index contributed by atoms with van der Waals surface area (Å²) in [5, 5.41) is 30.8. The Morgan fingerprint density at radius 1 is 1.36 bits per heavy atom. The highest BCUT2D eigenvalue weighted by molar-refractivity contribution is 8.01. The van der Waals surface area contributed by atoms with E-state index in [2.05, 4.69) is 36.1 Å². The summed E-state index contributed by atoms with van der Waals surface area (Å²) in [4.78, 5) is 49.5. The van der Waals surface area contributed by atoms with Gasteiger partial charge in [0.25, 0.3) is 17.5 Å². The lowest BCUT2D eigenvalue weighted by Gasteiger charge is -2.56. The summed E-state index contributed by atoms with van der Waals surface area (Å²) in [6.07, 6.45) is 1.93. The number of nitrogen functional groups attached to an aromatic ring is 1. The van der Waals surface area contributed by atoms with Gasteiger partial charge in [0, 0.05) is 30.0 Å². The molecule has 2 aliphatic heterocycles. The van der Waals surface area contributed by atoms with E-state index in [1.54, 1.807) is 0 Å². The number of tetrazole rings is 1. The van der Waals surface area contributed by atoms with Gasteiger partial charge in [-0.1, -0.05) is 29.8 Å². The monoisotopic (exact) mass is 692 g/mol. The van der Waals surface area contributed by atoms with E-state index in [9.17, 15) is 27.9 Å². The van der Waals surface area contributed by atoms with Gasteiger partial charge < -0.3 is 25.7 Å². The number of rotatable bonds is 16. The number of thioether (sulfide) groups is 2. The van der Waals surface area contributed by atoms with Gasteiger partial charge in [-0.2, -0.15) is 18.4 Å². The van der Waals surface area contributed by atoms with Crippen molar-refractivity contribution >= 4 is 73.8 Å². The molecular weight excluding hydrogens is 665 g/mol. The zero-order valence-corrected chi connectivity index (χ0v) is 26.4. The van der Waals surface area contributed by atoms with Crippen LogP contribution < -0.4 is 15.8 Å². The van der Waals surface area contributed by atoms with Crippen LogP contribution in [0.2, 0.25) is 0 Å². The third-order valence-electron chi connectivity index (χ3n) is 6.44. The van der Waals surface area contributed by atoms with E-state index in [0.29, 0.717) is 31.3 Å². The molecule has 4 rings (SSSR count). The predicted molar refractivity (Wildman–Crippen MR) is 158 cm³/mol. The summed E-state index contributed by atoms with van der Waals surface area (Å²) in [6.45, 7) is 0.0296. The Morgan fingerprint density at radius 3 is 2.73 bits per heavy atom. The molecule has 1 fully saturated rings. The van der Waals surface area contributed by atoms with Crippen LogP contribution in [0.4, 0.5) is 5.13 Å². The van der Waals surface area contributed by atoms with E-state index in [4.69, 9.17) is 19.9 Å². The van der Waals surface area contributed by atoms with Gasteiger partial charge in [-0.3, -0.25) is 19.0 Å². The van der Waals surface area contributed by atoms with Crippen molar-refractivity contribution in [1.29, 1.82) is 0 Å². The molecule has 3 atom stereocenters. The van der Waals surface area contributed by atoms with Crippen LogP contribution in [0, 0.1) is 0 Å². The molecule has 1 unspecified atom stereocenters. The Balaban J connectivity index is 1.57. The number of nitrogens with one attached hydrogen (secondary N) is 3. The summed E-state index contributed by atoms with van der Waals surface area (Å²) in [6, 6.07) is 0. The second-order valence-corrected chi connectivity index (χ2v) is 13.5. The highest BCUT2D eigenvalue weighted by atomic mass is 32.2. The number of hydrogen-bond donors (Lipinski definition) is 6. The minimum atomic E-state index is -4.30. The van der Waals surface area contributed by atoms with Gasteiger partial charge in [-0.15, -0.1) is 33.3 Å². The number of thiazole rings is 1. The largest absolute Gasteiger partial charge is 0.477 e. The Labute approximate surface area is 262 Å². The summed E-state index contributed by atoms with van der Waals surface area (Å²) < 4.78 is 38.1. The van der Waals surface area contributed by atoms with E-state index >= 15 is 0 Å². The van der Waals surface area contributed by atoms with Crippen molar-refractivity contribution < 1.29 is 42.0 Å². The second-order valence-electron chi connectivity index (χ2n) is 9.12. The summed E-state index contributed by atoms with van der Waals surface area (Å²) >= 11 is 3.42. The topological polar surface area (TPSA) is 277 Å². The molecule has 7 N–H and O–H groups in total. The number of amides is 2. The third-order valence-corrected chi connectivity index (χ3v) is 10.2. The first-order chi connectivity index (χ1) is 20.9. The maximum Gasteiger partial charge on any atom is 0.352 e. The van der Waals surface area contributed by atoms with Gasteiger partial charge >= 0.3 is 16.3 Å². The van der Waals surface area contributed by atoms with E-state index in [1.165, 1.54) is 31.4 Å². The molecule has 1 saturated heterocycles. The number of aliphatic carboxylic acids is 1. The van der Waals surface area contributed by atoms with Crippen LogP contribution in [0.15, 0.2) is 27.0 Å². The molecular formula is C21H28N10O9S4. The summed E-state index contributed by atoms with van der Waals surface area (Å²) in [7, 11) is -1.85. The highest BCUT2D eigenvalue weighted by Crippen LogP contribution is 2.49. The molecule has 0 saturated carbocycles. The number of oxime groups is 1. The van der Waals surface area contributed by atoms with Crippen molar-refractivity contribution in [3.05, 3.63) is 22.3 Å². The number of methoxy groups -OCH3 is 1. The molecule has 0 bridgehead atoms. The fraction of sp³-hybridized carbons (Fsp3) is 0.524. The van der Waals surface area contributed by atoms with Gasteiger partial charge in [0.1, 0.15) is 23.9 Å². The third kappa shape index (κ3) is 7.30. The number of aromatic nitrogens is 5. The van der Waals surface area contributed by atoms with E-state index < -0.39 is 44.4 Å². The number of H-pyrrole nitrogens is 1. The number of hydrogen-bond acceptors (Lipinski definition) is 16. The average Bonchev–Trinajstić information content (AvgIpc) is 3.65. The molecule has 2 aromatic rings. The number of anilines is 1. The number of aromatic amines is 1. The smallest absolute Gasteiger partial charge is 0.352 e. The Morgan fingerprint density at radius 2 is 2.14 bits per heavy atom. The van der Waals surface area contributed by atoms with E-state index in [0.717, 1.165) is 28.0 Å². The first-order valence-electron chi connectivity index (χ1n) is 12.7. The fourth-order valence-electron chi connectivity index (χ4n) is 4.54. The lowest BCUT2D eigenvalue weighted by atomic mass is 9.96. The van der Waals surface area contributed by atoms with Crippen molar-refractivity contribution in [2.24, 2.45) is 5.16 Å². The second kappa shape index (κ2) is 14.2. The number of carbonyl (C=O) groups excluding carboxylic acids is 2. The number of carboxylic acids is 1. The molecule has 23 heteroatoms. The van der Waals surface area contributed by atoms with E-state index in [-0.39, 0.29) is 39.7 Å². The normalized spacial score (nSPS) is 21.1. The molecule has 240 valence electrons. The zero-order valence-electron chi connectivity index (χ0n) is 23.1.